The van der Waals surface area contributed by atoms with E-state index >= 15 is 0 Å². The summed E-state index contributed by atoms with van der Waals surface area (Å²) in [6.45, 7) is 2.09. The third kappa shape index (κ3) is 2.36. The Balaban J connectivity index is 2.06. The molecule has 3 rings (SSSR count). The predicted octanol–water partition coefficient (Wildman–Crippen LogP) is 3.00. The van der Waals surface area contributed by atoms with Gasteiger partial charge in [-0.15, -0.1) is 0 Å². The highest BCUT2D eigenvalue weighted by Crippen LogP contribution is 2.30. The first-order chi connectivity index (χ1) is 10.2. The summed E-state index contributed by atoms with van der Waals surface area (Å²) in [5.41, 5.74) is 9.09. The Morgan fingerprint density at radius 1 is 0.952 bits per heavy atom. The van der Waals surface area contributed by atoms with E-state index in [1.165, 1.54) is 10.2 Å². The molecule has 0 bridgehead atoms. The molecule has 0 aliphatic heterocycles. The zero-order chi connectivity index (χ0) is 14.8. The van der Waals surface area contributed by atoms with E-state index in [4.69, 9.17) is 11.6 Å². The molecule has 0 aliphatic rings. The monoisotopic (exact) mass is 278 g/mol. The van der Waals surface area contributed by atoms with Crippen molar-refractivity contribution in [3.8, 4) is 11.4 Å². The number of nitrogen functional groups attached to an aromatic ring is 2. The Hall–Kier alpha value is -2.75. The first-order valence-electron chi connectivity index (χ1n) is 6.92. The molecule has 0 aliphatic carbocycles. The fraction of sp³-hybridized carbons (Fsp3) is 0.118. The van der Waals surface area contributed by atoms with Crippen molar-refractivity contribution in [2.24, 2.45) is 0 Å². The smallest absolute Gasteiger partial charge is 0.160 e. The Kier molecular flexibility index (Phi) is 3.36. The van der Waals surface area contributed by atoms with Crippen LogP contribution in [0.2, 0.25) is 0 Å². The standard InChI is InChI=1S/C17H18N4/c1-12(13-8-4-2-5-9-13)15-16(18)21(19)17(20-15)14-10-6-3-7-11-14/h2-12H,18-19H2,1H3. The first kappa shape index (κ1) is 13.2. The molecule has 0 fully saturated rings. The van der Waals surface area contributed by atoms with Crippen molar-refractivity contribution in [1.29, 1.82) is 0 Å². The van der Waals surface area contributed by atoms with Crippen molar-refractivity contribution in [1.82, 2.24) is 9.66 Å². The van der Waals surface area contributed by atoms with E-state index in [0.717, 1.165) is 11.3 Å². The van der Waals surface area contributed by atoms with Gasteiger partial charge in [-0.05, 0) is 5.56 Å². The van der Waals surface area contributed by atoms with Crippen molar-refractivity contribution in [3.05, 3.63) is 71.9 Å². The lowest BCUT2D eigenvalue weighted by Gasteiger charge is -2.09. The fourth-order valence-electron chi connectivity index (χ4n) is 2.47. The van der Waals surface area contributed by atoms with Crippen LogP contribution in [0.4, 0.5) is 5.82 Å². The van der Waals surface area contributed by atoms with Crippen LogP contribution in [-0.2, 0) is 0 Å². The molecule has 1 aromatic heterocycles. The lowest BCUT2D eigenvalue weighted by atomic mass is 9.98. The topological polar surface area (TPSA) is 69.9 Å². The van der Waals surface area contributed by atoms with E-state index < -0.39 is 0 Å². The highest BCUT2D eigenvalue weighted by Gasteiger charge is 2.20. The maximum Gasteiger partial charge on any atom is 0.160 e. The summed E-state index contributed by atoms with van der Waals surface area (Å²) < 4.78 is 1.46. The number of benzene rings is 2. The van der Waals surface area contributed by atoms with Crippen LogP contribution in [0.1, 0.15) is 24.1 Å². The summed E-state index contributed by atoms with van der Waals surface area (Å²) in [4.78, 5) is 4.67. The van der Waals surface area contributed by atoms with Gasteiger partial charge in [0.2, 0.25) is 0 Å². The zero-order valence-electron chi connectivity index (χ0n) is 11.9. The van der Waals surface area contributed by atoms with Gasteiger partial charge >= 0.3 is 0 Å². The molecule has 0 spiro atoms. The third-order valence-corrected chi connectivity index (χ3v) is 3.72. The average Bonchev–Trinajstić information content (AvgIpc) is 2.84. The second kappa shape index (κ2) is 5.32. The maximum absolute atomic E-state index is 6.15. The first-order valence-corrected chi connectivity index (χ1v) is 6.92. The number of hydrogen-bond acceptors (Lipinski definition) is 3. The van der Waals surface area contributed by atoms with Gasteiger partial charge in [-0.25, -0.2) is 9.66 Å². The van der Waals surface area contributed by atoms with Crippen molar-refractivity contribution in [3.63, 3.8) is 0 Å². The number of rotatable bonds is 3. The van der Waals surface area contributed by atoms with Crippen molar-refractivity contribution in [2.75, 3.05) is 11.6 Å². The summed E-state index contributed by atoms with van der Waals surface area (Å²) >= 11 is 0. The molecule has 106 valence electrons. The van der Waals surface area contributed by atoms with E-state index in [2.05, 4.69) is 24.0 Å². The maximum atomic E-state index is 6.15. The molecule has 1 heterocycles. The van der Waals surface area contributed by atoms with Gasteiger partial charge in [0.1, 0.15) is 5.82 Å². The molecule has 0 radical (unpaired) electrons. The largest absolute Gasteiger partial charge is 0.382 e. The Morgan fingerprint density at radius 2 is 1.52 bits per heavy atom. The normalized spacial score (nSPS) is 12.2. The highest BCUT2D eigenvalue weighted by atomic mass is 15.4. The molecule has 4 N–H and O–H groups in total. The van der Waals surface area contributed by atoms with Gasteiger partial charge in [0.25, 0.3) is 0 Å². The lowest BCUT2D eigenvalue weighted by molar-refractivity contribution is 0.886. The predicted molar refractivity (Wildman–Crippen MR) is 86.2 cm³/mol. The third-order valence-electron chi connectivity index (χ3n) is 3.72. The van der Waals surface area contributed by atoms with E-state index in [-0.39, 0.29) is 5.92 Å². The molecule has 4 nitrogen and oxygen atoms in total. The summed E-state index contributed by atoms with van der Waals surface area (Å²) in [5, 5.41) is 0. The van der Waals surface area contributed by atoms with Gasteiger partial charge in [0.05, 0.1) is 5.69 Å². The van der Waals surface area contributed by atoms with Crippen LogP contribution >= 0.6 is 0 Å². The summed E-state index contributed by atoms with van der Waals surface area (Å²) in [7, 11) is 0. The highest BCUT2D eigenvalue weighted by molar-refractivity contribution is 5.61. The molecular weight excluding hydrogens is 260 g/mol. The van der Waals surface area contributed by atoms with Crippen LogP contribution in [0.5, 0.6) is 0 Å². The minimum atomic E-state index is 0.0958. The molecule has 2 aromatic carbocycles. The number of nitrogens with zero attached hydrogens (tertiary/aromatic N) is 2. The summed E-state index contributed by atoms with van der Waals surface area (Å²) in [5.74, 6) is 7.37. The van der Waals surface area contributed by atoms with Crippen LogP contribution in [0.25, 0.3) is 11.4 Å². The number of aromatic nitrogens is 2. The Labute approximate surface area is 124 Å². The molecule has 1 atom stereocenters. The molecule has 0 saturated heterocycles. The summed E-state index contributed by atoms with van der Waals surface area (Å²) in [6.07, 6.45) is 0. The second-order valence-electron chi connectivity index (χ2n) is 5.07. The lowest BCUT2D eigenvalue weighted by Crippen LogP contribution is -2.14. The van der Waals surface area contributed by atoms with Crippen molar-refractivity contribution in [2.45, 2.75) is 12.8 Å². The van der Waals surface area contributed by atoms with Gasteiger partial charge in [-0.2, -0.15) is 0 Å². The Morgan fingerprint density at radius 3 is 2.14 bits per heavy atom. The summed E-state index contributed by atoms with van der Waals surface area (Å²) in [6, 6.07) is 20.0. The molecule has 0 amide bonds. The second-order valence-corrected chi connectivity index (χ2v) is 5.07. The van der Waals surface area contributed by atoms with Crippen molar-refractivity contribution >= 4 is 5.82 Å². The number of anilines is 1. The quantitative estimate of drug-likeness (QED) is 0.724. The van der Waals surface area contributed by atoms with E-state index in [1.54, 1.807) is 0 Å². The molecule has 1 unspecified atom stereocenters. The average molecular weight is 278 g/mol. The van der Waals surface area contributed by atoms with E-state index in [1.807, 2.05) is 48.5 Å². The minimum absolute atomic E-state index is 0.0958. The van der Waals surface area contributed by atoms with Crippen LogP contribution in [-0.4, -0.2) is 9.66 Å². The van der Waals surface area contributed by atoms with Crippen LogP contribution in [0, 0.1) is 0 Å². The van der Waals surface area contributed by atoms with Gasteiger partial charge < -0.3 is 11.6 Å². The SMILES string of the molecule is CC(c1ccccc1)c1nc(-c2ccccc2)n(N)c1N. The minimum Gasteiger partial charge on any atom is -0.382 e. The number of hydrogen-bond donors (Lipinski definition) is 2. The Bertz CT molecular complexity index is 732. The van der Waals surface area contributed by atoms with Gasteiger partial charge in [0, 0.05) is 11.5 Å². The van der Waals surface area contributed by atoms with Crippen molar-refractivity contribution < 1.29 is 0 Å². The fourth-order valence-corrected chi connectivity index (χ4v) is 2.47. The van der Waals surface area contributed by atoms with Gasteiger partial charge in [0.15, 0.2) is 5.82 Å². The molecule has 3 aromatic rings. The molecular formula is C17H18N4. The number of nitrogens with two attached hydrogens (primary N) is 2. The van der Waals surface area contributed by atoms with E-state index in [0.29, 0.717) is 11.6 Å². The molecule has 21 heavy (non-hydrogen) atoms. The van der Waals surface area contributed by atoms with Crippen LogP contribution < -0.4 is 11.6 Å². The van der Waals surface area contributed by atoms with Crippen LogP contribution in [0.15, 0.2) is 60.7 Å². The molecule has 4 heteroatoms. The zero-order valence-corrected chi connectivity index (χ0v) is 11.9. The van der Waals surface area contributed by atoms with Gasteiger partial charge in [-0.3, -0.25) is 0 Å². The number of imidazole rings is 1. The van der Waals surface area contributed by atoms with Gasteiger partial charge in [-0.1, -0.05) is 67.6 Å². The van der Waals surface area contributed by atoms with E-state index in [9.17, 15) is 0 Å². The van der Waals surface area contributed by atoms with Crippen LogP contribution in [0.3, 0.4) is 0 Å². The molecule has 0 saturated carbocycles.